The summed E-state index contributed by atoms with van der Waals surface area (Å²) in [4.78, 5) is 13.4. The minimum atomic E-state index is -3.68. The molecule has 0 aromatic rings. The van der Waals surface area contributed by atoms with Gasteiger partial charge in [-0.15, -0.1) is 0 Å². The largest absolute Gasteiger partial charge is 0.444 e. The van der Waals surface area contributed by atoms with E-state index in [0.717, 1.165) is 0 Å². The first-order valence-electron chi connectivity index (χ1n) is 5.77. The Labute approximate surface area is 111 Å². The van der Waals surface area contributed by atoms with Crippen molar-refractivity contribution in [2.45, 2.75) is 32.4 Å². The lowest BCUT2D eigenvalue weighted by atomic mass is 9.96. The highest BCUT2D eigenvalue weighted by molar-refractivity contribution is 8.11. The molecule has 8 heteroatoms. The first-order chi connectivity index (χ1) is 8.08. The van der Waals surface area contributed by atoms with Gasteiger partial charge in [0.2, 0.25) is 0 Å². The minimum absolute atomic E-state index is 0.172. The normalized spacial score (nSPS) is 28.8. The molecule has 0 saturated carbocycles. The van der Waals surface area contributed by atoms with Crippen molar-refractivity contribution in [1.82, 2.24) is 9.21 Å². The Morgan fingerprint density at radius 1 is 1.28 bits per heavy atom. The molecule has 2 heterocycles. The highest BCUT2D eigenvalue weighted by atomic mass is 35.7. The Kier molecular flexibility index (Phi) is 3.28. The van der Waals surface area contributed by atoms with Gasteiger partial charge in [-0.05, 0) is 20.8 Å². The molecular weight excluding hydrogens is 280 g/mol. The number of rotatable bonds is 1. The molecule has 6 nitrogen and oxygen atoms in total. The van der Waals surface area contributed by atoms with Crippen molar-refractivity contribution in [1.29, 1.82) is 0 Å². The van der Waals surface area contributed by atoms with Crippen molar-refractivity contribution < 1.29 is 17.9 Å². The third-order valence-electron chi connectivity index (χ3n) is 3.12. The van der Waals surface area contributed by atoms with Crippen LogP contribution < -0.4 is 0 Å². The smallest absolute Gasteiger partial charge is 0.410 e. The molecule has 0 aromatic carbocycles. The molecule has 2 aliphatic heterocycles. The zero-order valence-electron chi connectivity index (χ0n) is 10.6. The van der Waals surface area contributed by atoms with E-state index in [1.54, 1.807) is 25.7 Å². The second kappa shape index (κ2) is 4.25. The van der Waals surface area contributed by atoms with Crippen LogP contribution in [0.1, 0.15) is 20.8 Å². The zero-order valence-corrected chi connectivity index (χ0v) is 12.2. The summed E-state index contributed by atoms with van der Waals surface area (Å²) in [5.41, 5.74) is -0.545. The molecule has 2 aliphatic rings. The maximum Gasteiger partial charge on any atom is 0.410 e. The third-order valence-corrected chi connectivity index (χ3v) is 4.63. The fourth-order valence-corrected chi connectivity index (χ4v) is 3.72. The van der Waals surface area contributed by atoms with Crippen molar-refractivity contribution in [3.63, 3.8) is 0 Å². The number of carbonyl (C=O) groups is 1. The Bertz CT molecular complexity index is 459. The van der Waals surface area contributed by atoms with Gasteiger partial charge in [0.1, 0.15) is 5.60 Å². The second-order valence-corrected chi connectivity index (χ2v) is 8.19. The number of amides is 1. The minimum Gasteiger partial charge on any atom is -0.444 e. The van der Waals surface area contributed by atoms with Crippen LogP contribution in [0.5, 0.6) is 0 Å². The highest BCUT2D eigenvalue weighted by Crippen LogP contribution is 2.36. The second-order valence-electron chi connectivity index (χ2n) is 5.72. The van der Waals surface area contributed by atoms with Gasteiger partial charge in [-0.2, -0.15) is 12.7 Å². The van der Waals surface area contributed by atoms with Gasteiger partial charge in [-0.3, -0.25) is 0 Å². The summed E-state index contributed by atoms with van der Waals surface area (Å²) >= 11 is 0. The zero-order chi connectivity index (χ0) is 13.7. The van der Waals surface area contributed by atoms with E-state index in [1.807, 2.05) is 0 Å². The molecular formula is C10H17ClN2O4S. The molecule has 2 fully saturated rings. The number of fused-ring (bicyclic) bond motifs is 1. The van der Waals surface area contributed by atoms with Crippen LogP contribution in [0, 0.1) is 5.92 Å². The molecule has 2 atom stereocenters. The third kappa shape index (κ3) is 2.73. The number of likely N-dealkylation sites (tertiary alicyclic amines) is 1. The van der Waals surface area contributed by atoms with Gasteiger partial charge in [-0.25, -0.2) is 4.79 Å². The van der Waals surface area contributed by atoms with Crippen LogP contribution in [0.2, 0.25) is 0 Å². The SMILES string of the molecule is CC(C)(C)OC(=O)N1CC2CN(S(=O)(=O)Cl)C2C1. The van der Waals surface area contributed by atoms with Crippen LogP contribution >= 0.6 is 10.7 Å². The van der Waals surface area contributed by atoms with Crippen LogP contribution in [-0.4, -0.2) is 55.0 Å². The van der Waals surface area contributed by atoms with Gasteiger partial charge >= 0.3 is 6.09 Å². The van der Waals surface area contributed by atoms with E-state index in [9.17, 15) is 13.2 Å². The summed E-state index contributed by atoms with van der Waals surface area (Å²) in [6.07, 6.45) is -0.399. The quantitative estimate of drug-likeness (QED) is 0.678. The lowest BCUT2D eigenvalue weighted by molar-refractivity contribution is 0.0290. The van der Waals surface area contributed by atoms with E-state index < -0.39 is 20.9 Å². The Morgan fingerprint density at radius 2 is 1.89 bits per heavy atom. The fraction of sp³-hybridized carbons (Fsp3) is 0.900. The summed E-state index contributed by atoms with van der Waals surface area (Å²) in [6, 6.07) is -0.194. The first-order valence-corrected chi connectivity index (χ1v) is 8.04. The molecule has 104 valence electrons. The van der Waals surface area contributed by atoms with E-state index >= 15 is 0 Å². The predicted octanol–water partition coefficient (Wildman–Crippen LogP) is 1.02. The summed E-state index contributed by atoms with van der Waals surface area (Å²) in [5.74, 6) is 0.172. The molecule has 2 unspecified atom stereocenters. The van der Waals surface area contributed by atoms with E-state index in [1.165, 1.54) is 4.31 Å². The summed E-state index contributed by atoms with van der Waals surface area (Å²) in [5, 5.41) is 0. The van der Waals surface area contributed by atoms with Crippen LogP contribution in [0.15, 0.2) is 0 Å². The van der Waals surface area contributed by atoms with Crippen molar-refractivity contribution in [3.8, 4) is 0 Å². The molecule has 2 rings (SSSR count). The van der Waals surface area contributed by atoms with Gasteiger partial charge in [0.25, 0.3) is 9.24 Å². The fourth-order valence-electron chi connectivity index (χ4n) is 2.31. The molecule has 1 amide bonds. The van der Waals surface area contributed by atoms with E-state index in [-0.39, 0.29) is 12.0 Å². The summed E-state index contributed by atoms with van der Waals surface area (Å²) in [7, 11) is 1.62. The van der Waals surface area contributed by atoms with Crippen LogP contribution in [0.25, 0.3) is 0 Å². The van der Waals surface area contributed by atoms with Crippen molar-refractivity contribution in [2.24, 2.45) is 5.92 Å². The maximum absolute atomic E-state index is 11.8. The molecule has 18 heavy (non-hydrogen) atoms. The van der Waals surface area contributed by atoms with Gasteiger partial charge in [0, 0.05) is 42.3 Å². The summed E-state index contributed by atoms with van der Waals surface area (Å²) < 4.78 is 28.9. The Morgan fingerprint density at radius 3 is 2.39 bits per heavy atom. The standard InChI is InChI=1S/C10H17ClN2O4S/c1-10(2,3)17-9(14)12-4-7-5-13(8(7)6-12)18(11,15)16/h7-8H,4-6H2,1-3H3. The average molecular weight is 297 g/mol. The average Bonchev–Trinajstić information content (AvgIpc) is 2.38. The van der Waals surface area contributed by atoms with Crippen LogP contribution in [0.3, 0.4) is 0 Å². The van der Waals surface area contributed by atoms with E-state index in [0.29, 0.717) is 19.6 Å². The molecule has 0 spiro atoms. The van der Waals surface area contributed by atoms with Crippen LogP contribution in [-0.2, 0) is 14.0 Å². The number of hydrogen-bond acceptors (Lipinski definition) is 4. The molecule has 0 N–H and O–H groups in total. The predicted molar refractivity (Wildman–Crippen MR) is 66.6 cm³/mol. The maximum atomic E-state index is 11.8. The monoisotopic (exact) mass is 296 g/mol. The number of carbonyl (C=O) groups excluding carboxylic acids is 1. The lowest BCUT2D eigenvalue weighted by Crippen LogP contribution is -2.56. The van der Waals surface area contributed by atoms with Gasteiger partial charge < -0.3 is 9.64 Å². The number of hydrogen-bond donors (Lipinski definition) is 0. The number of ether oxygens (including phenoxy) is 1. The number of halogens is 1. The van der Waals surface area contributed by atoms with Crippen molar-refractivity contribution >= 4 is 26.0 Å². The lowest BCUT2D eigenvalue weighted by Gasteiger charge is -2.39. The van der Waals surface area contributed by atoms with Gasteiger partial charge in [-0.1, -0.05) is 0 Å². The van der Waals surface area contributed by atoms with Gasteiger partial charge in [0.05, 0.1) is 0 Å². The van der Waals surface area contributed by atoms with Gasteiger partial charge in [0.15, 0.2) is 0 Å². The highest BCUT2D eigenvalue weighted by Gasteiger charge is 2.51. The molecule has 2 saturated heterocycles. The molecule has 0 bridgehead atoms. The van der Waals surface area contributed by atoms with Crippen LogP contribution in [0.4, 0.5) is 4.79 Å². The Balaban J connectivity index is 1.96. The van der Waals surface area contributed by atoms with Crippen molar-refractivity contribution in [2.75, 3.05) is 19.6 Å². The van der Waals surface area contributed by atoms with E-state index in [2.05, 4.69) is 0 Å². The first kappa shape index (κ1) is 13.9. The van der Waals surface area contributed by atoms with E-state index in [4.69, 9.17) is 15.4 Å². The number of nitrogens with zero attached hydrogens (tertiary/aromatic N) is 2. The molecule has 0 radical (unpaired) electrons. The topological polar surface area (TPSA) is 66.9 Å². The summed E-state index contributed by atoms with van der Waals surface area (Å²) in [6.45, 7) is 6.66. The molecule has 0 aliphatic carbocycles. The molecule has 0 aromatic heterocycles. The Hall–Kier alpha value is -0.530. The van der Waals surface area contributed by atoms with Crippen molar-refractivity contribution in [3.05, 3.63) is 0 Å².